The van der Waals surface area contributed by atoms with Gasteiger partial charge in [0.15, 0.2) is 5.84 Å². The van der Waals surface area contributed by atoms with E-state index in [9.17, 15) is 14.7 Å². The summed E-state index contributed by atoms with van der Waals surface area (Å²) in [6, 6.07) is 6.94. The molecule has 1 heterocycles. The average molecular weight is 528 g/mol. The zero-order chi connectivity index (χ0) is 28.1. The molecule has 1 N–H and O–H groups in total. The highest BCUT2D eigenvalue weighted by molar-refractivity contribution is 6.37. The molecule has 1 aliphatic carbocycles. The Labute approximate surface area is 229 Å². The van der Waals surface area contributed by atoms with Gasteiger partial charge in [-0.3, -0.25) is 9.79 Å². The highest BCUT2D eigenvalue weighted by Crippen LogP contribution is 2.39. The van der Waals surface area contributed by atoms with E-state index in [2.05, 4.69) is 46.4 Å². The van der Waals surface area contributed by atoms with Crippen LogP contribution in [0.5, 0.6) is 0 Å². The van der Waals surface area contributed by atoms with Crippen LogP contribution in [-0.2, 0) is 9.53 Å². The van der Waals surface area contributed by atoms with Crippen LogP contribution in [0.4, 0.5) is 0 Å². The first-order valence-electron chi connectivity index (χ1n) is 14.3. The number of carboxylic acids is 1. The number of carbonyl (C=O) groups is 2. The standard InChI is InChI=1S/C31H49N3O4/c1-30(2,3)17-16-26(22-8-10-23(11-9-22)29(36)37)33(7)28(35)27(34-18-20-38-21-19-34)32-25-14-12-24(13-15-25)31(4,5)6/h8-11,24-26H,12-21H2,1-7H3,(H,36,37)/b32-27+/t24?,25?,26-/m1/s1. The van der Waals surface area contributed by atoms with Gasteiger partial charge in [-0.1, -0.05) is 53.7 Å². The van der Waals surface area contributed by atoms with E-state index in [1.807, 2.05) is 24.1 Å². The van der Waals surface area contributed by atoms with Gasteiger partial charge in [0.2, 0.25) is 0 Å². The first-order valence-corrected chi connectivity index (χ1v) is 14.3. The van der Waals surface area contributed by atoms with Crippen molar-refractivity contribution in [2.75, 3.05) is 33.4 Å². The Hall–Kier alpha value is -2.41. The van der Waals surface area contributed by atoms with Crippen LogP contribution >= 0.6 is 0 Å². The molecule has 3 rings (SSSR count). The number of rotatable bonds is 6. The van der Waals surface area contributed by atoms with E-state index in [-0.39, 0.29) is 29.0 Å². The lowest BCUT2D eigenvalue weighted by molar-refractivity contribution is -0.126. The van der Waals surface area contributed by atoms with E-state index in [0.29, 0.717) is 43.5 Å². The second-order valence-electron chi connectivity index (χ2n) is 13.4. The van der Waals surface area contributed by atoms with Crippen molar-refractivity contribution in [1.29, 1.82) is 0 Å². The van der Waals surface area contributed by atoms with Gasteiger partial charge in [-0.2, -0.15) is 0 Å². The Morgan fingerprint density at radius 3 is 2.11 bits per heavy atom. The summed E-state index contributed by atoms with van der Waals surface area (Å²) in [5, 5.41) is 9.36. The average Bonchev–Trinajstić information content (AvgIpc) is 2.86. The van der Waals surface area contributed by atoms with Crippen molar-refractivity contribution in [3.05, 3.63) is 35.4 Å². The van der Waals surface area contributed by atoms with Crippen molar-refractivity contribution in [3.63, 3.8) is 0 Å². The first kappa shape index (κ1) is 30.1. The minimum absolute atomic E-state index is 0.0638. The Morgan fingerprint density at radius 2 is 1.61 bits per heavy atom. The maximum atomic E-state index is 14.2. The second-order valence-corrected chi connectivity index (χ2v) is 13.4. The Morgan fingerprint density at radius 1 is 1.03 bits per heavy atom. The summed E-state index contributed by atoms with van der Waals surface area (Å²) in [6.07, 6.45) is 6.01. The maximum absolute atomic E-state index is 14.2. The Bertz CT molecular complexity index is 960. The summed E-state index contributed by atoms with van der Waals surface area (Å²) in [5.74, 6) is 0.230. The topological polar surface area (TPSA) is 82.4 Å². The van der Waals surface area contributed by atoms with Crippen LogP contribution in [0.25, 0.3) is 0 Å². The number of hydrogen-bond acceptors (Lipinski definition) is 4. The molecule has 0 spiro atoms. The molecule has 212 valence electrons. The van der Waals surface area contributed by atoms with Gasteiger partial charge >= 0.3 is 5.97 Å². The number of ether oxygens (including phenoxy) is 1. The molecule has 1 atom stereocenters. The summed E-state index contributed by atoms with van der Waals surface area (Å²) in [5.41, 5.74) is 1.60. The van der Waals surface area contributed by atoms with Crippen molar-refractivity contribution < 1.29 is 19.4 Å². The molecule has 1 aliphatic heterocycles. The lowest BCUT2D eigenvalue weighted by Crippen LogP contribution is -2.50. The smallest absolute Gasteiger partial charge is 0.335 e. The number of nitrogens with zero attached hydrogens (tertiary/aromatic N) is 3. The Balaban J connectivity index is 1.88. The van der Waals surface area contributed by atoms with E-state index in [4.69, 9.17) is 9.73 Å². The maximum Gasteiger partial charge on any atom is 0.335 e. The number of amides is 1. The number of morpholine rings is 1. The predicted molar refractivity (Wildman–Crippen MR) is 153 cm³/mol. The largest absolute Gasteiger partial charge is 0.478 e. The van der Waals surface area contributed by atoms with Crippen molar-refractivity contribution >= 4 is 17.7 Å². The third-order valence-electron chi connectivity index (χ3n) is 8.23. The van der Waals surface area contributed by atoms with Crippen molar-refractivity contribution in [2.24, 2.45) is 21.7 Å². The fraction of sp³-hybridized carbons (Fsp3) is 0.710. The van der Waals surface area contributed by atoms with E-state index in [1.54, 1.807) is 12.1 Å². The number of aliphatic imine (C=N–C) groups is 1. The first-order chi connectivity index (χ1) is 17.8. The van der Waals surface area contributed by atoms with Gasteiger partial charge in [0, 0.05) is 20.1 Å². The fourth-order valence-electron chi connectivity index (χ4n) is 5.59. The van der Waals surface area contributed by atoms with Gasteiger partial charge in [0.1, 0.15) is 0 Å². The molecule has 2 aliphatic rings. The van der Waals surface area contributed by atoms with Crippen LogP contribution in [0.3, 0.4) is 0 Å². The van der Waals surface area contributed by atoms with Gasteiger partial charge in [0.25, 0.3) is 5.91 Å². The molecule has 1 aromatic rings. The molecule has 0 aromatic heterocycles. The summed E-state index contributed by atoms with van der Waals surface area (Å²) < 4.78 is 5.59. The zero-order valence-corrected chi connectivity index (χ0v) is 24.6. The van der Waals surface area contributed by atoms with Crippen molar-refractivity contribution in [3.8, 4) is 0 Å². The van der Waals surface area contributed by atoms with Crippen molar-refractivity contribution in [1.82, 2.24) is 9.80 Å². The molecule has 7 heteroatoms. The quantitative estimate of drug-likeness (QED) is 0.360. The summed E-state index contributed by atoms with van der Waals surface area (Å²) in [6.45, 7) is 16.1. The highest BCUT2D eigenvalue weighted by atomic mass is 16.5. The van der Waals surface area contributed by atoms with Gasteiger partial charge in [-0.25, -0.2) is 4.79 Å². The molecule has 1 aromatic carbocycles. The highest BCUT2D eigenvalue weighted by Gasteiger charge is 2.33. The molecule has 1 saturated carbocycles. The van der Waals surface area contributed by atoms with Gasteiger partial charge in [0.05, 0.1) is 30.9 Å². The van der Waals surface area contributed by atoms with Crippen LogP contribution < -0.4 is 0 Å². The van der Waals surface area contributed by atoms with Gasteiger partial charge in [-0.05, 0) is 73.0 Å². The van der Waals surface area contributed by atoms with Crippen molar-refractivity contribution in [2.45, 2.75) is 92.2 Å². The molecule has 0 radical (unpaired) electrons. The SMILES string of the molecule is CN(C(=O)/C(=N\C1CCC(C(C)(C)C)CC1)N1CCOCC1)[C@H](CCC(C)(C)C)c1ccc(C(=O)O)cc1. The molecular formula is C31H49N3O4. The summed E-state index contributed by atoms with van der Waals surface area (Å²) >= 11 is 0. The van der Waals surface area contributed by atoms with Gasteiger partial charge in [-0.15, -0.1) is 0 Å². The van der Waals surface area contributed by atoms with Crippen LogP contribution in [0.15, 0.2) is 29.3 Å². The lowest BCUT2D eigenvalue weighted by Gasteiger charge is -2.38. The molecule has 7 nitrogen and oxygen atoms in total. The number of aromatic carboxylic acids is 1. The van der Waals surface area contributed by atoms with E-state index >= 15 is 0 Å². The van der Waals surface area contributed by atoms with Crippen LogP contribution in [0, 0.1) is 16.7 Å². The number of likely N-dealkylation sites (N-methyl/N-ethyl adjacent to an activating group) is 1. The number of amidine groups is 1. The van der Waals surface area contributed by atoms with Crippen LogP contribution in [0.1, 0.15) is 102 Å². The molecule has 1 saturated heterocycles. The third kappa shape index (κ3) is 8.29. The molecule has 0 unspecified atom stereocenters. The monoisotopic (exact) mass is 527 g/mol. The van der Waals surface area contributed by atoms with Gasteiger partial charge < -0.3 is 19.6 Å². The summed E-state index contributed by atoms with van der Waals surface area (Å²) in [4.78, 5) is 34.7. The molecule has 0 bridgehead atoms. The predicted octanol–water partition coefficient (Wildman–Crippen LogP) is 6.05. The fourth-order valence-corrected chi connectivity index (χ4v) is 5.59. The summed E-state index contributed by atoms with van der Waals surface area (Å²) in [7, 11) is 1.87. The number of benzene rings is 1. The van der Waals surface area contributed by atoms with E-state index in [0.717, 1.165) is 44.1 Å². The molecule has 38 heavy (non-hydrogen) atoms. The zero-order valence-electron chi connectivity index (χ0n) is 24.6. The second kappa shape index (κ2) is 12.6. The minimum Gasteiger partial charge on any atom is -0.478 e. The van der Waals surface area contributed by atoms with Crippen LogP contribution in [-0.4, -0.2) is 72.0 Å². The number of carbonyl (C=O) groups excluding carboxylic acids is 1. The number of carboxylic acid groups (broad SMARTS) is 1. The minimum atomic E-state index is -0.949. The van der Waals surface area contributed by atoms with E-state index in [1.165, 1.54) is 0 Å². The Kier molecular flexibility index (Phi) is 10.0. The van der Waals surface area contributed by atoms with Crippen LogP contribution in [0.2, 0.25) is 0 Å². The lowest BCUT2D eigenvalue weighted by atomic mass is 9.71. The number of hydrogen-bond donors (Lipinski definition) is 1. The molecular weight excluding hydrogens is 478 g/mol. The third-order valence-corrected chi connectivity index (χ3v) is 8.23. The molecule has 1 amide bonds. The normalized spacial score (nSPS) is 22.2. The molecule has 2 fully saturated rings. The van der Waals surface area contributed by atoms with E-state index < -0.39 is 5.97 Å².